The van der Waals surface area contributed by atoms with Crippen molar-refractivity contribution in [3.63, 3.8) is 0 Å². The predicted octanol–water partition coefficient (Wildman–Crippen LogP) is 2.46. The second-order valence-electron chi connectivity index (χ2n) is 4.67. The van der Waals surface area contributed by atoms with Gasteiger partial charge in [0.2, 0.25) is 0 Å². The highest BCUT2D eigenvalue weighted by molar-refractivity contribution is 5.80. The van der Waals surface area contributed by atoms with Crippen molar-refractivity contribution in [3.05, 3.63) is 23.8 Å². The van der Waals surface area contributed by atoms with Crippen LogP contribution >= 0.6 is 0 Å². The van der Waals surface area contributed by atoms with Crippen molar-refractivity contribution in [2.75, 3.05) is 7.11 Å². The van der Waals surface area contributed by atoms with E-state index in [1.54, 1.807) is 32.9 Å². The number of hydrogen-bond acceptors (Lipinski definition) is 4. The fourth-order valence-corrected chi connectivity index (χ4v) is 1.10. The second kappa shape index (κ2) is 4.99. The van der Waals surface area contributed by atoms with E-state index in [2.05, 4.69) is 0 Å². The van der Waals surface area contributed by atoms with Gasteiger partial charge in [-0.1, -0.05) is 0 Å². The molecule has 1 aromatic rings. The van der Waals surface area contributed by atoms with E-state index in [1.807, 2.05) is 0 Å². The molecule has 0 aliphatic heterocycles. The Hall–Kier alpha value is -1.84. The van der Waals surface area contributed by atoms with Crippen LogP contribution in [0.1, 0.15) is 31.1 Å². The average Bonchev–Trinajstić information content (AvgIpc) is 2.27. The van der Waals surface area contributed by atoms with E-state index in [9.17, 15) is 9.59 Å². The largest absolute Gasteiger partial charge is 0.493 e. The maximum absolute atomic E-state index is 11.7. The fraction of sp³-hybridized carbons (Fsp3) is 0.385. The Morgan fingerprint density at radius 3 is 2.35 bits per heavy atom. The van der Waals surface area contributed by atoms with Crippen LogP contribution in [0.3, 0.4) is 0 Å². The first-order chi connectivity index (χ1) is 7.88. The van der Waals surface area contributed by atoms with Crippen LogP contribution in [0.25, 0.3) is 0 Å². The third kappa shape index (κ3) is 3.31. The third-order valence-corrected chi connectivity index (χ3v) is 2.14. The Labute approximate surface area is 101 Å². The van der Waals surface area contributed by atoms with E-state index in [-0.39, 0.29) is 11.7 Å². The lowest BCUT2D eigenvalue weighted by Gasteiger charge is -2.17. The Kier molecular flexibility index (Phi) is 3.89. The number of aldehydes is 1. The molecule has 0 fully saturated rings. The van der Waals surface area contributed by atoms with Crippen LogP contribution in [0.5, 0.6) is 11.5 Å². The lowest BCUT2D eigenvalue weighted by atomic mass is 9.97. The van der Waals surface area contributed by atoms with Gasteiger partial charge < -0.3 is 9.47 Å². The van der Waals surface area contributed by atoms with Gasteiger partial charge in [-0.2, -0.15) is 0 Å². The van der Waals surface area contributed by atoms with Gasteiger partial charge in [-0.25, -0.2) is 0 Å². The van der Waals surface area contributed by atoms with Crippen LogP contribution in [0.4, 0.5) is 0 Å². The number of esters is 1. The maximum atomic E-state index is 11.7. The van der Waals surface area contributed by atoms with Gasteiger partial charge in [-0.05, 0) is 39.0 Å². The summed E-state index contributed by atoms with van der Waals surface area (Å²) in [6, 6.07) is 4.67. The molecular formula is C13H16O4. The fourth-order valence-electron chi connectivity index (χ4n) is 1.10. The highest BCUT2D eigenvalue weighted by atomic mass is 16.6. The first-order valence-corrected chi connectivity index (χ1v) is 5.24. The third-order valence-electron chi connectivity index (χ3n) is 2.14. The number of carbonyl (C=O) groups is 2. The molecule has 1 aromatic carbocycles. The zero-order valence-corrected chi connectivity index (χ0v) is 10.4. The quantitative estimate of drug-likeness (QED) is 0.459. The molecular weight excluding hydrogens is 220 g/mol. The number of hydrogen-bond donors (Lipinski definition) is 0. The summed E-state index contributed by atoms with van der Waals surface area (Å²) in [5.74, 6) is 0.309. The predicted molar refractivity (Wildman–Crippen MR) is 63.5 cm³/mol. The molecule has 0 atom stereocenters. The summed E-state index contributed by atoms with van der Waals surface area (Å²) in [6.07, 6.45) is 0.688. The molecule has 1 rings (SSSR count). The van der Waals surface area contributed by atoms with Gasteiger partial charge in [-0.15, -0.1) is 0 Å². The molecule has 0 amide bonds. The lowest BCUT2D eigenvalue weighted by Crippen LogP contribution is -2.25. The van der Waals surface area contributed by atoms with Gasteiger partial charge in [0.05, 0.1) is 12.5 Å². The molecule has 0 N–H and O–H groups in total. The van der Waals surface area contributed by atoms with Crippen LogP contribution in [0.15, 0.2) is 18.2 Å². The second-order valence-corrected chi connectivity index (χ2v) is 4.67. The number of ether oxygens (including phenoxy) is 2. The highest BCUT2D eigenvalue weighted by Crippen LogP contribution is 2.29. The zero-order chi connectivity index (χ0) is 13.1. The van der Waals surface area contributed by atoms with E-state index >= 15 is 0 Å². The van der Waals surface area contributed by atoms with Crippen molar-refractivity contribution in [1.29, 1.82) is 0 Å². The van der Waals surface area contributed by atoms with E-state index in [1.165, 1.54) is 13.2 Å². The maximum Gasteiger partial charge on any atom is 0.316 e. The van der Waals surface area contributed by atoms with Gasteiger partial charge in [-0.3, -0.25) is 9.59 Å². The molecule has 0 bridgehead atoms. The summed E-state index contributed by atoms with van der Waals surface area (Å²) in [4.78, 5) is 22.4. The van der Waals surface area contributed by atoms with Crippen molar-refractivity contribution in [2.45, 2.75) is 20.8 Å². The molecule has 0 heterocycles. The minimum atomic E-state index is -0.609. The molecule has 0 spiro atoms. The monoisotopic (exact) mass is 236 g/mol. The summed E-state index contributed by atoms with van der Waals surface area (Å²) in [5.41, 5.74) is -0.176. The molecule has 4 nitrogen and oxygen atoms in total. The van der Waals surface area contributed by atoms with Crippen molar-refractivity contribution >= 4 is 12.3 Å². The van der Waals surface area contributed by atoms with Gasteiger partial charge in [0, 0.05) is 5.56 Å². The Morgan fingerprint density at radius 1 is 1.24 bits per heavy atom. The first-order valence-electron chi connectivity index (χ1n) is 5.24. The van der Waals surface area contributed by atoms with E-state index in [0.29, 0.717) is 17.6 Å². The minimum Gasteiger partial charge on any atom is -0.493 e. The molecule has 0 aliphatic rings. The number of rotatable bonds is 3. The summed E-state index contributed by atoms with van der Waals surface area (Å²) in [5, 5.41) is 0. The van der Waals surface area contributed by atoms with Crippen LogP contribution in [-0.2, 0) is 4.79 Å². The summed E-state index contributed by atoms with van der Waals surface area (Å²) in [6.45, 7) is 5.27. The van der Waals surface area contributed by atoms with Crippen LogP contribution in [-0.4, -0.2) is 19.4 Å². The molecule has 0 radical (unpaired) electrons. The zero-order valence-electron chi connectivity index (χ0n) is 10.4. The van der Waals surface area contributed by atoms with Crippen LogP contribution in [0.2, 0.25) is 0 Å². The smallest absolute Gasteiger partial charge is 0.316 e. The molecule has 0 unspecified atom stereocenters. The Morgan fingerprint density at radius 2 is 1.88 bits per heavy atom. The van der Waals surface area contributed by atoms with Crippen LogP contribution < -0.4 is 9.47 Å². The lowest BCUT2D eigenvalue weighted by molar-refractivity contribution is -0.143. The van der Waals surface area contributed by atoms with E-state index in [4.69, 9.17) is 9.47 Å². The van der Waals surface area contributed by atoms with Crippen molar-refractivity contribution in [2.24, 2.45) is 5.41 Å². The summed E-state index contributed by atoms with van der Waals surface area (Å²) in [7, 11) is 1.48. The molecule has 0 saturated carbocycles. The van der Waals surface area contributed by atoms with Crippen molar-refractivity contribution in [1.82, 2.24) is 0 Å². The molecule has 0 saturated heterocycles. The topological polar surface area (TPSA) is 52.6 Å². The van der Waals surface area contributed by atoms with Gasteiger partial charge >= 0.3 is 5.97 Å². The Bertz CT molecular complexity index is 430. The number of carbonyl (C=O) groups excluding carboxylic acids is 2. The van der Waals surface area contributed by atoms with Gasteiger partial charge in [0.1, 0.15) is 6.29 Å². The molecule has 92 valence electrons. The number of benzene rings is 1. The SMILES string of the molecule is COc1ccc(C=O)cc1OC(=O)C(C)(C)C. The van der Waals surface area contributed by atoms with Crippen molar-refractivity contribution < 1.29 is 19.1 Å². The van der Waals surface area contributed by atoms with E-state index in [0.717, 1.165) is 0 Å². The van der Waals surface area contributed by atoms with Gasteiger partial charge in [0.15, 0.2) is 11.5 Å². The molecule has 17 heavy (non-hydrogen) atoms. The standard InChI is InChI=1S/C13H16O4/c1-13(2,3)12(15)17-11-7-9(8-14)5-6-10(11)16-4/h5-8H,1-4H3. The summed E-state index contributed by atoms with van der Waals surface area (Å²) >= 11 is 0. The molecule has 4 heteroatoms. The van der Waals surface area contributed by atoms with Crippen molar-refractivity contribution in [3.8, 4) is 11.5 Å². The first kappa shape index (κ1) is 13.2. The molecule has 0 aromatic heterocycles. The normalized spacial score (nSPS) is 10.8. The minimum absolute atomic E-state index is 0.261. The highest BCUT2D eigenvalue weighted by Gasteiger charge is 2.24. The average molecular weight is 236 g/mol. The number of methoxy groups -OCH3 is 1. The Balaban J connectivity index is 3.03. The van der Waals surface area contributed by atoms with E-state index < -0.39 is 5.41 Å². The van der Waals surface area contributed by atoms with Gasteiger partial charge in [0.25, 0.3) is 0 Å². The van der Waals surface area contributed by atoms with Crippen LogP contribution in [0, 0.1) is 5.41 Å². The molecule has 0 aliphatic carbocycles. The summed E-state index contributed by atoms with van der Waals surface area (Å²) < 4.78 is 10.3.